The predicted molar refractivity (Wildman–Crippen MR) is 89.6 cm³/mol. The fourth-order valence-corrected chi connectivity index (χ4v) is 2.31. The molecule has 0 saturated carbocycles. The zero-order valence-electron chi connectivity index (χ0n) is 14.3. The van der Waals surface area contributed by atoms with Gasteiger partial charge in [0.1, 0.15) is 5.82 Å². The van der Waals surface area contributed by atoms with Crippen molar-refractivity contribution in [2.45, 2.75) is 19.4 Å². The molecule has 0 aromatic carbocycles. The Labute approximate surface area is 145 Å². The maximum atomic E-state index is 11.9. The molecule has 0 atom stereocenters. The number of aliphatic carboxylic acids is 1. The van der Waals surface area contributed by atoms with Crippen LogP contribution in [0.1, 0.15) is 23.7 Å². The van der Waals surface area contributed by atoms with Crippen molar-refractivity contribution >= 4 is 23.8 Å². The van der Waals surface area contributed by atoms with Crippen LogP contribution < -0.4 is 10.2 Å². The number of nitrogens with zero attached hydrogens (tertiary/aromatic N) is 3. The van der Waals surface area contributed by atoms with Gasteiger partial charge in [-0.15, -0.1) is 0 Å². The lowest BCUT2D eigenvalue weighted by Gasteiger charge is -2.40. The maximum absolute atomic E-state index is 11.9. The summed E-state index contributed by atoms with van der Waals surface area (Å²) in [5.74, 6) is -0.621. The summed E-state index contributed by atoms with van der Waals surface area (Å²) < 4.78 is 4.90. The quantitative estimate of drug-likeness (QED) is 0.691. The first-order chi connectivity index (χ1) is 11.9. The van der Waals surface area contributed by atoms with Crippen molar-refractivity contribution in [3.05, 3.63) is 23.9 Å². The number of carboxylic acids is 1. The van der Waals surface area contributed by atoms with Crippen LogP contribution in [0.25, 0.3) is 0 Å². The molecule has 9 heteroatoms. The molecule has 1 aliphatic rings. The topological polar surface area (TPSA) is 112 Å². The highest BCUT2D eigenvalue weighted by atomic mass is 16.5. The molecule has 0 bridgehead atoms. The van der Waals surface area contributed by atoms with Crippen LogP contribution in [0.2, 0.25) is 0 Å². The van der Waals surface area contributed by atoms with Crippen molar-refractivity contribution in [2.75, 3.05) is 38.2 Å². The van der Waals surface area contributed by atoms with Crippen LogP contribution in [0.3, 0.4) is 0 Å². The molecule has 0 aliphatic carbocycles. The van der Waals surface area contributed by atoms with E-state index < -0.39 is 11.9 Å². The molecule has 0 radical (unpaired) electrons. The van der Waals surface area contributed by atoms with E-state index in [1.165, 1.54) is 11.1 Å². The van der Waals surface area contributed by atoms with Gasteiger partial charge in [-0.3, -0.25) is 4.79 Å². The second-order valence-corrected chi connectivity index (χ2v) is 5.74. The lowest BCUT2D eigenvalue weighted by atomic mass is 10.1. The molecule has 1 saturated heterocycles. The minimum absolute atomic E-state index is 0.0219. The Morgan fingerprint density at radius 3 is 2.68 bits per heavy atom. The Morgan fingerprint density at radius 2 is 2.12 bits per heavy atom. The summed E-state index contributed by atoms with van der Waals surface area (Å²) in [6.45, 7) is 3.42. The van der Waals surface area contributed by atoms with Gasteiger partial charge in [0.25, 0.3) is 0 Å². The lowest BCUT2D eigenvalue weighted by Crippen LogP contribution is -2.61. The molecule has 2 rings (SSSR count). The highest BCUT2D eigenvalue weighted by Gasteiger charge is 2.29. The van der Waals surface area contributed by atoms with Crippen molar-refractivity contribution in [2.24, 2.45) is 0 Å². The third-order valence-electron chi connectivity index (χ3n) is 3.80. The largest absolute Gasteiger partial charge is 0.481 e. The molecule has 0 spiro atoms. The number of carboxylic acid groups (broad SMARTS) is 1. The normalized spacial score (nSPS) is 13.8. The second-order valence-electron chi connectivity index (χ2n) is 5.74. The number of carbonyl (C=O) groups excluding carboxylic acids is 2. The van der Waals surface area contributed by atoms with E-state index in [0.717, 1.165) is 5.82 Å². The molecule has 136 valence electrons. The summed E-state index contributed by atoms with van der Waals surface area (Å²) in [4.78, 5) is 41.6. The first-order valence-corrected chi connectivity index (χ1v) is 8.02. The minimum atomic E-state index is -0.938. The Balaban J connectivity index is 1.77. The first-order valence-electron chi connectivity index (χ1n) is 8.02. The molecular weight excluding hydrogens is 328 g/mol. The Kier molecular flexibility index (Phi) is 6.15. The second kappa shape index (κ2) is 8.32. The molecule has 2 N–H and O–H groups in total. The molecule has 2 amide bonds. The van der Waals surface area contributed by atoms with Gasteiger partial charge in [0.2, 0.25) is 0 Å². The van der Waals surface area contributed by atoms with Crippen LogP contribution >= 0.6 is 0 Å². The van der Waals surface area contributed by atoms with E-state index in [4.69, 9.17) is 9.84 Å². The van der Waals surface area contributed by atoms with Gasteiger partial charge in [0.05, 0.1) is 24.6 Å². The van der Waals surface area contributed by atoms with Crippen LogP contribution in [-0.2, 0) is 9.53 Å². The van der Waals surface area contributed by atoms with Gasteiger partial charge < -0.3 is 25.0 Å². The number of nitrogens with one attached hydrogen (secondary N) is 1. The molecular formula is C16H22N4O5. The molecule has 0 unspecified atom stereocenters. The SMILES string of the molecule is CCOC(=O)c1ccc(N2CC(NC(=O)N(C)CCC(=O)O)C2)nc1. The number of aromatic nitrogens is 1. The number of amides is 2. The molecule has 9 nitrogen and oxygen atoms in total. The minimum Gasteiger partial charge on any atom is -0.481 e. The Bertz CT molecular complexity index is 628. The Morgan fingerprint density at radius 1 is 1.40 bits per heavy atom. The van der Waals surface area contributed by atoms with E-state index in [1.807, 2.05) is 4.90 Å². The summed E-state index contributed by atoms with van der Waals surface area (Å²) in [6.07, 6.45) is 1.39. The van der Waals surface area contributed by atoms with Crippen LogP contribution in [0.4, 0.5) is 10.6 Å². The van der Waals surface area contributed by atoms with Crippen molar-refractivity contribution in [1.82, 2.24) is 15.2 Å². The number of hydrogen-bond donors (Lipinski definition) is 2. The molecule has 25 heavy (non-hydrogen) atoms. The van der Waals surface area contributed by atoms with Crippen LogP contribution in [0, 0.1) is 0 Å². The number of ether oxygens (including phenoxy) is 1. The number of urea groups is 1. The van der Waals surface area contributed by atoms with Crippen molar-refractivity contribution < 1.29 is 24.2 Å². The zero-order chi connectivity index (χ0) is 18.4. The van der Waals surface area contributed by atoms with Gasteiger partial charge in [0, 0.05) is 32.9 Å². The number of hydrogen-bond acceptors (Lipinski definition) is 6. The molecule has 1 aliphatic heterocycles. The van der Waals surface area contributed by atoms with Gasteiger partial charge in [-0.1, -0.05) is 0 Å². The Hall–Kier alpha value is -2.84. The van der Waals surface area contributed by atoms with Crippen LogP contribution in [0.15, 0.2) is 18.3 Å². The van der Waals surface area contributed by atoms with E-state index in [2.05, 4.69) is 10.3 Å². The zero-order valence-corrected chi connectivity index (χ0v) is 14.3. The average molecular weight is 350 g/mol. The summed E-state index contributed by atoms with van der Waals surface area (Å²) in [7, 11) is 1.56. The highest BCUT2D eigenvalue weighted by Crippen LogP contribution is 2.19. The van der Waals surface area contributed by atoms with Crippen molar-refractivity contribution in [3.8, 4) is 0 Å². The summed E-state index contributed by atoms with van der Waals surface area (Å²) >= 11 is 0. The van der Waals surface area contributed by atoms with E-state index in [-0.39, 0.29) is 25.0 Å². The van der Waals surface area contributed by atoms with Gasteiger partial charge in [-0.25, -0.2) is 14.6 Å². The van der Waals surface area contributed by atoms with Gasteiger partial charge in [0.15, 0.2) is 0 Å². The van der Waals surface area contributed by atoms with Gasteiger partial charge in [-0.2, -0.15) is 0 Å². The van der Waals surface area contributed by atoms with Crippen molar-refractivity contribution in [1.29, 1.82) is 0 Å². The lowest BCUT2D eigenvalue weighted by molar-refractivity contribution is -0.137. The maximum Gasteiger partial charge on any atom is 0.339 e. The number of pyridine rings is 1. The van der Waals surface area contributed by atoms with E-state index >= 15 is 0 Å². The van der Waals surface area contributed by atoms with Crippen LogP contribution in [0.5, 0.6) is 0 Å². The van der Waals surface area contributed by atoms with E-state index in [0.29, 0.717) is 25.3 Å². The van der Waals surface area contributed by atoms with E-state index in [9.17, 15) is 14.4 Å². The monoisotopic (exact) mass is 350 g/mol. The number of carbonyl (C=O) groups is 3. The summed E-state index contributed by atoms with van der Waals surface area (Å²) in [6, 6.07) is 3.08. The average Bonchev–Trinajstić information content (AvgIpc) is 2.55. The third-order valence-corrected chi connectivity index (χ3v) is 3.80. The van der Waals surface area contributed by atoms with Gasteiger partial charge in [-0.05, 0) is 19.1 Å². The van der Waals surface area contributed by atoms with Crippen molar-refractivity contribution in [3.63, 3.8) is 0 Å². The number of anilines is 1. The van der Waals surface area contributed by atoms with Gasteiger partial charge >= 0.3 is 18.0 Å². The first kappa shape index (κ1) is 18.5. The third kappa shape index (κ3) is 5.07. The number of rotatable bonds is 7. The molecule has 1 fully saturated rings. The van der Waals surface area contributed by atoms with E-state index in [1.54, 1.807) is 26.1 Å². The molecule has 2 heterocycles. The summed E-state index contributed by atoms with van der Waals surface area (Å²) in [5.41, 5.74) is 0.399. The smallest absolute Gasteiger partial charge is 0.339 e. The standard InChI is InChI=1S/C16H22N4O5/c1-3-25-15(23)11-4-5-13(17-8-11)20-9-12(10-20)18-16(24)19(2)7-6-14(21)22/h4-5,8,12H,3,6-7,9-10H2,1-2H3,(H,18,24)(H,21,22). The summed E-state index contributed by atoms with van der Waals surface area (Å²) in [5, 5.41) is 11.5. The molecule has 1 aromatic heterocycles. The highest BCUT2D eigenvalue weighted by molar-refractivity contribution is 5.89. The fraction of sp³-hybridized carbons (Fsp3) is 0.500. The number of esters is 1. The fourth-order valence-electron chi connectivity index (χ4n) is 2.31. The predicted octanol–water partition coefficient (Wildman–Crippen LogP) is 0.563. The molecule has 1 aromatic rings. The van der Waals surface area contributed by atoms with Crippen LogP contribution in [-0.4, -0.2) is 72.3 Å².